The topological polar surface area (TPSA) is 29.3 Å². The maximum atomic E-state index is 6.11. The number of hydrogen-bond acceptors (Lipinski definition) is 3. The summed E-state index contributed by atoms with van der Waals surface area (Å²) < 4.78 is 2.81. The fraction of sp³-hybridized carbons (Fsp3) is 0.0556. The van der Waals surface area contributed by atoms with Gasteiger partial charge in [0.2, 0.25) is 0 Å². The van der Waals surface area contributed by atoms with Crippen LogP contribution in [0.15, 0.2) is 54.7 Å². The summed E-state index contributed by atoms with van der Waals surface area (Å²) in [4.78, 5) is 5.80. The Labute approximate surface area is 153 Å². The van der Waals surface area contributed by atoms with E-state index >= 15 is 0 Å². The molecule has 0 radical (unpaired) electrons. The van der Waals surface area contributed by atoms with E-state index < -0.39 is 0 Å². The first-order chi connectivity index (χ1) is 11.6. The Balaban J connectivity index is 1.89. The lowest BCUT2D eigenvalue weighted by Crippen LogP contribution is -1.97. The molecule has 3 nitrogen and oxygen atoms in total. The van der Waals surface area contributed by atoms with Crippen LogP contribution < -0.4 is 5.32 Å². The highest BCUT2D eigenvalue weighted by Gasteiger charge is 2.16. The van der Waals surface area contributed by atoms with Crippen molar-refractivity contribution in [1.29, 1.82) is 0 Å². The Hall–Kier alpha value is -2.01. The van der Waals surface area contributed by atoms with Crippen LogP contribution in [0.25, 0.3) is 16.2 Å². The van der Waals surface area contributed by atoms with E-state index in [2.05, 4.69) is 28.9 Å². The number of pyridine rings is 1. The van der Waals surface area contributed by atoms with Gasteiger partial charge in [-0.15, -0.1) is 11.3 Å². The number of benzene rings is 1. The number of nitrogens with one attached hydrogen (secondary N) is 1. The molecule has 1 N–H and O–H groups in total. The molecule has 120 valence electrons. The zero-order valence-corrected chi connectivity index (χ0v) is 15.1. The number of thiophene rings is 1. The molecule has 0 amide bonds. The van der Waals surface area contributed by atoms with E-state index in [4.69, 9.17) is 28.2 Å². The summed E-state index contributed by atoms with van der Waals surface area (Å²) in [6, 6.07) is 15.6. The molecule has 0 aliphatic carbocycles. The van der Waals surface area contributed by atoms with Crippen LogP contribution in [0.3, 0.4) is 0 Å². The lowest BCUT2D eigenvalue weighted by atomic mass is 10.3. The highest BCUT2D eigenvalue weighted by molar-refractivity contribution is 7.19. The third kappa shape index (κ3) is 2.88. The second-order valence-corrected chi connectivity index (χ2v) is 7.63. The number of aryl methyl sites for hydroxylation is 1. The highest BCUT2D eigenvalue weighted by atomic mass is 35.5. The predicted molar refractivity (Wildman–Crippen MR) is 103 cm³/mol. The summed E-state index contributed by atoms with van der Waals surface area (Å²) in [5.74, 6) is 0.912. The quantitative estimate of drug-likeness (QED) is 0.448. The molecule has 4 rings (SSSR count). The van der Waals surface area contributed by atoms with Gasteiger partial charge in [0.1, 0.15) is 17.2 Å². The van der Waals surface area contributed by atoms with Gasteiger partial charge < -0.3 is 5.32 Å². The summed E-state index contributed by atoms with van der Waals surface area (Å²) in [7, 11) is 0. The standard InChI is InChI=1S/C18H13Cl2N3S/c1-11-2-9-16-22-17(14-7-8-15(20)24-14)18(23(16)10-11)21-13-5-3-12(19)4-6-13/h2-10,21H,1H3. The third-order valence-electron chi connectivity index (χ3n) is 3.68. The van der Waals surface area contributed by atoms with Gasteiger partial charge in [0.15, 0.2) is 0 Å². The van der Waals surface area contributed by atoms with Crippen LogP contribution in [-0.2, 0) is 0 Å². The maximum absolute atomic E-state index is 6.11. The molecule has 0 aliphatic heterocycles. The second kappa shape index (κ2) is 6.13. The van der Waals surface area contributed by atoms with Crippen molar-refractivity contribution in [3.05, 3.63) is 69.7 Å². The monoisotopic (exact) mass is 373 g/mol. The molecule has 0 aliphatic rings. The molecule has 0 saturated carbocycles. The van der Waals surface area contributed by atoms with E-state index in [1.165, 1.54) is 11.3 Å². The Bertz CT molecular complexity index is 1020. The minimum Gasteiger partial charge on any atom is -0.339 e. The Morgan fingerprint density at radius 2 is 1.79 bits per heavy atom. The van der Waals surface area contributed by atoms with Gasteiger partial charge in [0, 0.05) is 16.9 Å². The second-order valence-electron chi connectivity index (χ2n) is 5.48. The Morgan fingerprint density at radius 3 is 2.50 bits per heavy atom. The Morgan fingerprint density at radius 1 is 1.00 bits per heavy atom. The van der Waals surface area contributed by atoms with Crippen LogP contribution in [0.5, 0.6) is 0 Å². The zero-order chi connectivity index (χ0) is 16.7. The number of nitrogens with zero attached hydrogens (tertiary/aromatic N) is 2. The van der Waals surface area contributed by atoms with Crippen LogP contribution >= 0.6 is 34.5 Å². The van der Waals surface area contributed by atoms with Crippen molar-refractivity contribution < 1.29 is 0 Å². The molecule has 3 heterocycles. The lowest BCUT2D eigenvalue weighted by molar-refractivity contribution is 1.16. The number of fused-ring (bicyclic) bond motifs is 1. The van der Waals surface area contributed by atoms with Crippen LogP contribution in [0.4, 0.5) is 11.5 Å². The Kier molecular flexibility index (Phi) is 3.96. The molecule has 24 heavy (non-hydrogen) atoms. The molecule has 3 aromatic heterocycles. The van der Waals surface area contributed by atoms with Gasteiger partial charge in [0.25, 0.3) is 0 Å². The first kappa shape index (κ1) is 15.5. The smallest absolute Gasteiger partial charge is 0.144 e. The van der Waals surface area contributed by atoms with E-state index in [1.807, 2.05) is 42.5 Å². The number of anilines is 2. The van der Waals surface area contributed by atoms with Gasteiger partial charge in [-0.05, 0) is 55.0 Å². The number of aromatic nitrogens is 2. The highest BCUT2D eigenvalue weighted by Crippen LogP contribution is 2.37. The molecule has 0 fully saturated rings. The van der Waals surface area contributed by atoms with Crippen molar-refractivity contribution in [2.75, 3.05) is 5.32 Å². The zero-order valence-electron chi connectivity index (χ0n) is 12.8. The molecular formula is C18H13Cl2N3S. The summed E-state index contributed by atoms with van der Waals surface area (Å²) in [5.41, 5.74) is 3.88. The van der Waals surface area contributed by atoms with Crippen molar-refractivity contribution in [2.24, 2.45) is 0 Å². The van der Waals surface area contributed by atoms with Gasteiger partial charge in [-0.25, -0.2) is 4.98 Å². The van der Waals surface area contributed by atoms with E-state index in [-0.39, 0.29) is 0 Å². The van der Waals surface area contributed by atoms with Crippen molar-refractivity contribution in [2.45, 2.75) is 6.92 Å². The number of imidazole rings is 1. The van der Waals surface area contributed by atoms with Gasteiger partial charge in [-0.2, -0.15) is 0 Å². The third-order valence-corrected chi connectivity index (χ3v) is 5.17. The molecule has 0 atom stereocenters. The molecule has 0 saturated heterocycles. The molecule has 6 heteroatoms. The SMILES string of the molecule is Cc1ccc2nc(-c3ccc(Cl)s3)c(Nc3ccc(Cl)cc3)n2c1. The number of halogens is 2. The minimum absolute atomic E-state index is 0.708. The van der Waals surface area contributed by atoms with E-state index in [1.54, 1.807) is 0 Å². The average molecular weight is 374 g/mol. The molecule has 0 spiro atoms. The summed E-state index contributed by atoms with van der Waals surface area (Å²) in [6.45, 7) is 2.06. The van der Waals surface area contributed by atoms with Crippen molar-refractivity contribution in [3.8, 4) is 10.6 Å². The normalized spacial score (nSPS) is 11.1. The van der Waals surface area contributed by atoms with Crippen LogP contribution in [0.1, 0.15) is 5.56 Å². The van der Waals surface area contributed by atoms with Gasteiger partial charge in [0.05, 0.1) is 9.21 Å². The molecular weight excluding hydrogens is 361 g/mol. The van der Waals surface area contributed by atoms with Gasteiger partial charge in [-0.1, -0.05) is 29.3 Å². The molecule has 0 bridgehead atoms. The van der Waals surface area contributed by atoms with Crippen molar-refractivity contribution >= 4 is 51.7 Å². The minimum atomic E-state index is 0.708. The molecule has 4 aromatic rings. The fourth-order valence-corrected chi connectivity index (χ4v) is 3.71. The first-order valence-electron chi connectivity index (χ1n) is 7.37. The summed E-state index contributed by atoms with van der Waals surface area (Å²) >= 11 is 13.6. The van der Waals surface area contributed by atoms with E-state index in [9.17, 15) is 0 Å². The molecule has 1 aromatic carbocycles. The van der Waals surface area contributed by atoms with Crippen LogP contribution in [-0.4, -0.2) is 9.38 Å². The number of hydrogen-bond donors (Lipinski definition) is 1. The predicted octanol–water partition coefficient (Wildman–Crippen LogP) is 6.42. The largest absolute Gasteiger partial charge is 0.339 e. The van der Waals surface area contributed by atoms with E-state index in [0.29, 0.717) is 5.02 Å². The van der Waals surface area contributed by atoms with Gasteiger partial charge >= 0.3 is 0 Å². The van der Waals surface area contributed by atoms with Crippen molar-refractivity contribution in [1.82, 2.24) is 9.38 Å². The molecule has 0 unspecified atom stereocenters. The van der Waals surface area contributed by atoms with Crippen LogP contribution in [0.2, 0.25) is 9.36 Å². The first-order valence-corrected chi connectivity index (χ1v) is 8.94. The maximum Gasteiger partial charge on any atom is 0.144 e. The lowest BCUT2D eigenvalue weighted by Gasteiger charge is -2.09. The van der Waals surface area contributed by atoms with E-state index in [0.717, 1.165) is 37.6 Å². The number of rotatable bonds is 3. The average Bonchev–Trinajstić information content (AvgIpc) is 3.14. The summed E-state index contributed by atoms with van der Waals surface area (Å²) in [6.07, 6.45) is 2.07. The fourth-order valence-electron chi connectivity index (χ4n) is 2.55. The van der Waals surface area contributed by atoms with Crippen LogP contribution in [0, 0.1) is 6.92 Å². The van der Waals surface area contributed by atoms with Crippen molar-refractivity contribution in [3.63, 3.8) is 0 Å². The summed E-state index contributed by atoms with van der Waals surface area (Å²) in [5, 5.41) is 4.17. The van der Waals surface area contributed by atoms with Gasteiger partial charge in [-0.3, -0.25) is 4.40 Å².